The fraction of sp³-hybridized carbons (Fsp3) is 0.417. The van der Waals surface area contributed by atoms with Gasteiger partial charge in [0.2, 0.25) is 0 Å². The molecule has 152 valence electrons. The van der Waals surface area contributed by atoms with Gasteiger partial charge in [0.15, 0.2) is 0 Å². The Labute approximate surface area is 173 Å². The van der Waals surface area contributed by atoms with Crippen LogP contribution < -0.4 is 10.2 Å². The molecule has 2 aromatic rings. The molecule has 5 heteroatoms. The monoisotopic (exact) mass is 390 g/mol. The molecular formula is C24H30N4O. The van der Waals surface area contributed by atoms with Crippen molar-refractivity contribution in [1.29, 1.82) is 5.26 Å². The van der Waals surface area contributed by atoms with E-state index in [0.717, 1.165) is 47.6 Å². The van der Waals surface area contributed by atoms with E-state index < -0.39 is 0 Å². The number of para-hydroxylation sites is 1. The van der Waals surface area contributed by atoms with Crippen LogP contribution in [0.3, 0.4) is 0 Å². The van der Waals surface area contributed by atoms with E-state index in [2.05, 4.69) is 62.2 Å². The molecule has 0 saturated carbocycles. The molecule has 0 unspecified atom stereocenters. The first-order valence-corrected chi connectivity index (χ1v) is 10.4. The summed E-state index contributed by atoms with van der Waals surface area (Å²) in [6, 6.07) is 16.5. The minimum atomic E-state index is -0.199. The minimum absolute atomic E-state index is 0.0754. The highest BCUT2D eigenvalue weighted by atomic mass is 16.2. The number of amides is 1. The molecule has 0 aromatic heterocycles. The number of rotatable bonds is 7. The number of hydrogen-bond acceptors (Lipinski definition) is 4. The Balaban J connectivity index is 1.99. The third-order valence-corrected chi connectivity index (χ3v) is 5.82. The SMILES string of the molecule is CC[C@@H](C)N1C(=O)c2ccccc2N[C@@H]1c1ccc(N(CC)CCC#N)cc1C. The number of nitriles is 1. The Morgan fingerprint density at radius 3 is 2.66 bits per heavy atom. The van der Waals surface area contributed by atoms with E-state index >= 15 is 0 Å². The molecule has 0 radical (unpaired) electrons. The summed E-state index contributed by atoms with van der Waals surface area (Å²) >= 11 is 0. The van der Waals surface area contributed by atoms with E-state index in [-0.39, 0.29) is 18.1 Å². The van der Waals surface area contributed by atoms with Gasteiger partial charge in [-0.3, -0.25) is 4.79 Å². The van der Waals surface area contributed by atoms with Crippen LogP contribution in [0.4, 0.5) is 11.4 Å². The summed E-state index contributed by atoms with van der Waals surface area (Å²) in [5.41, 5.74) is 4.97. The van der Waals surface area contributed by atoms with E-state index in [1.54, 1.807) is 0 Å². The van der Waals surface area contributed by atoms with E-state index in [1.807, 2.05) is 29.2 Å². The third-order valence-electron chi connectivity index (χ3n) is 5.82. The summed E-state index contributed by atoms with van der Waals surface area (Å²) < 4.78 is 0. The van der Waals surface area contributed by atoms with E-state index in [0.29, 0.717) is 6.42 Å². The summed E-state index contributed by atoms with van der Waals surface area (Å²) in [5.74, 6) is 0.0754. The fourth-order valence-corrected chi connectivity index (χ4v) is 3.97. The maximum Gasteiger partial charge on any atom is 0.258 e. The number of nitrogens with zero attached hydrogens (tertiary/aromatic N) is 3. The maximum absolute atomic E-state index is 13.3. The number of anilines is 2. The fourth-order valence-electron chi connectivity index (χ4n) is 3.97. The average Bonchev–Trinajstić information content (AvgIpc) is 2.74. The number of nitrogens with one attached hydrogen (secondary N) is 1. The van der Waals surface area contributed by atoms with Crippen molar-refractivity contribution in [2.45, 2.75) is 52.7 Å². The van der Waals surface area contributed by atoms with Gasteiger partial charge >= 0.3 is 0 Å². The van der Waals surface area contributed by atoms with Gasteiger partial charge < -0.3 is 15.1 Å². The lowest BCUT2D eigenvalue weighted by molar-refractivity contribution is 0.0593. The number of hydrogen-bond donors (Lipinski definition) is 1. The Kier molecular flexibility index (Phi) is 6.43. The van der Waals surface area contributed by atoms with Crippen LogP contribution in [-0.2, 0) is 0 Å². The van der Waals surface area contributed by atoms with Gasteiger partial charge in [-0.1, -0.05) is 25.1 Å². The Hall–Kier alpha value is -3.00. The first-order valence-electron chi connectivity index (χ1n) is 10.4. The lowest BCUT2D eigenvalue weighted by Gasteiger charge is -2.42. The Bertz CT molecular complexity index is 917. The zero-order chi connectivity index (χ0) is 21.0. The molecule has 1 N–H and O–H groups in total. The molecule has 1 aliphatic heterocycles. The summed E-state index contributed by atoms with van der Waals surface area (Å²) in [6.07, 6.45) is 1.20. The Morgan fingerprint density at radius 1 is 1.24 bits per heavy atom. The van der Waals surface area contributed by atoms with Gasteiger partial charge in [0, 0.05) is 30.5 Å². The van der Waals surface area contributed by atoms with Crippen LogP contribution in [0.25, 0.3) is 0 Å². The second kappa shape index (κ2) is 9.00. The van der Waals surface area contributed by atoms with Gasteiger partial charge in [0.25, 0.3) is 5.91 Å². The van der Waals surface area contributed by atoms with E-state index in [1.165, 1.54) is 0 Å². The van der Waals surface area contributed by atoms with Crippen LogP contribution in [0.15, 0.2) is 42.5 Å². The summed E-state index contributed by atoms with van der Waals surface area (Å²) in [4.78, 5) is 17.5. The molecule has 29 heavy (non-hydrogen) atoms. The van der Waals surface area contributed by atoms with Crippen molar-refractivity contribution in [1.82, 2.24) is 4.90 Å². The minimum Gasteiger partial charge on any atom is -0.371 e. The molecule has 2 aromatic carbocycles. The quantitative estimate of drug-likeness (QED) is 0.714. The molecule has 0 aliphatic carbocycles. The van der Waals surface area contributed by atoms with Crippen LogP contribution in [0.2, 0.25) is 0 Å². The Morgan fingerprint density at radius 2 is 2.00 bits per heavy atom. The highest BCUT2D eigenvalue weighted by Gasteiger charge is 2.35. The van der Waals surface area contributed by atoms with E-state index in [4.69, 9.17) is 5.26 Å². The first-order chi connectivity index (χ1) is 14.0. The van der Waals surface area contributed by atoms with Crippen molar-refractivity contribution in [3.8, 4) is 6.07 Å². The number of carbonyl (C=O) groups excluding carboxylic acids is 1. The molecule has 0 bridgehead atoms. The molecule has 0 fully saturated rings. The molecule has 3 rings (SSSR count). The number of carbonyl (C=O) groups is 1. The normalized spacial score (nSPS) is 16.6. The van der Waals surface area contributed by atoms with Crippen molar-refractivity contribution in [3.63, 3.8) is 0 Å². The van der Waals surface area contributed by atoms with Gasteiger partial charge in [0.1, 0.15) is 6.17 Å². The van der Waals surface area contributed by atoms with Crippen LogP contribution in [0.5, 0.6) is 0 Å². The zero-order valence-electron chi connectivity index (χ0n) is 17.8. The standard InChI is InChI=1S/C24H30N4O/c1-5-18(4)28-23(26-22-11-8-7-10-21(22)24(28)29)20-13-12-19(16-17(20)3)27(6-2)15-9-14-25/h7-8,10-13,16,18,23,26H,5-6,9,15H2,1-4H3/t18-,23+/m1/s1. The first kappa shape index (κ1) is 20.7. The van der Waals surface area contributed by atoms with Crippen molar-refractivity contribution in [2.75, 3.05) is 23.3 Å². The lowest BCUT2D eigenvalue weighted by atomic mass is 9.97. The van der Waals surface area contributed by atoms with Crippen LogP contribution in [-0.4, -0.2) is 29.9 Å². The van der Waals surface area contributed by atoms with Gasteiger partial charge in [0.05, 0.1) is 18.1 Å². The molecule has 5 nitrogen and oxygen atoms in total. The number of aryl methyl sites for hydroxylation is 1. The largest absolute Gasteiger partial charge is 0.371 e. The molecular weight excluding hydrogens is 360 g/mol. The topological polar surface area (TPSA) is 59.4 Å². The van der Waals surface area contributed by atoms with Crippen molar-refractivity contribution in [2.24, 2.45) is 0 Å². The van der Waals surface area contributed by atoms with Crippen LogP contribution >= 0.6 is 0 Å². The number of benzene rings is 2. The smallest absolute Gasteiger partial charge is 0.258 e. The van der Waals surface area contributed by atoms with Gasteiger partial charge in [-0.25, -0.2) is 0 Å². The van der Waals surface area contributed by atoms with Crippen molar-refractivity contribution in [3.05, 3.63) is 59.2 Å². The van der Waals surface area contributed by atoms with Gasteiger partial charge in [-0.2, -0.15) is 5.26 Å². The maximum atomic E-state index is 13.3. The van der Waals surface area contributed by atoms with Crippen LogP contribution in [0.1, 0.15) is 61.3 Å². The molecule has 1 heterocycles. The summed E-state index contributed by atoms with van der Waals surface area (Å²) in [7, 11) is 0. The summed E-state index contributed by atoms with van der Waals surface area (Å²) in [6.45, 7) is 9.98. The van der Waals surface area contributed by atoms with Crippen LogP contribution in [0, 0.1) is 18.3 Å². The highest BCUT2D eigenvalue weighted by Crippen LogP contribution is 2.37. The molecule has 2 atom stereocenters. The predicted octanol–water partition coefficient (Wildman–Crippen LogP) is 5.10. The molecule has 1 amide bonds. The van der Waals surface area contributed by atoms with E-state index in [9.17, 15) is 4.79 Å². The predicted molar refractivity (Wildman–Crippen MR) is 118 cm³/mol. The summed E-state index contributed by atoms with van der Waals surface area (Å²) in [5, 5.41) is 12.5. The van der Waals surface area contributed by atoms with Gasteiger partial charge in [-0.15, -0.1) is 0 Å². The third kappa shape index (κ3) is 4.07. The second-order valence-electron chi connectivity index (χ2n) is 7.59. The molecule has 0 spiro atoms. The van der Waals surface area contributed by atoms with Crippen molar-refractivity contribution >= 4 is 17.3 Å². The second-order valence-corrected chi connectivity index (χ2v) is 7.59. The van der Waals surface area contributed by atoms with Crippen molar-refractivity contribution < 1.29 is 4.79 Å². The zero-order valence-corrected chi connectivity index (χ0v) is 17.8. The highest BCUT2D eigenvalue weighted by molar-refractivity contribution is 6.02. The lowest BCUT2D eigenvalue weighted by Crippen LogP contribution is -2.47. The molecule has 0 saturated heterocycles. The average molecular weight is 391 g/mol. The number of fused-ring (bicyclic) bond motifs is 1. The van der Waals surface area contributed by atoms with Gasteiger partial charge in [-0.05, 0) is 62.6 Å². The molecule has 1 aliphatic rings.